The minimum absolute atomic E-state index is 0.110. The number of imidazole rings is 1. The molecule has 96 valence electrons. The van der Waals surface area contributed by atoms with Gasteiger partial charge in [-0.1, -0.05) is 12.1 Å². The fraction of sp³-hybridized carbons (Fsp3) is 0.357. The van der Waals surface area contributed by atoms with Gasteiger partial charge in [-0.05, 0) is 18.6 Å². The van der Waals surface area contributed by atoms with Crippen LogP contribution in [0.25, 0.3) is 0 Å². The van der Waals surface area contributed by atoms with E-state index in [0.29, 0.717) is 6.42 Å². The van der Waals surface area contributed by atoms with Crippen LogP contribution in [0.3, 0.4) is 0 Å². The van der Waals surface area contributed by atoms with Crippen LogP contribution in [0.15, 0.2) is 30.6 Å². The molecule has 4 heteroatoms. The number of methoxy groups -OCH3 is 1. The van der Waals surface area contributed by atoms with Crippen molar-refractivity contribution in [1.82, 2.24) is 9.55 Å². The summed E-state index contributed by atoms with van der Waals surface area (Å²) in [5, 5.41) is 0. The average Bonchev–Trinajstić information content (AvgIpc) is 2.74. The van der Waals surface area contributed by atoms with Crippen LogP contribution in [0.4, 0.5) is 0 Å². The number of hydrogen-bond acceptors (Lipinski definition) is 3. The molecule has 0 bridgehead atoms. The molecule has 0 aliphatic heterocycles. The van der Waals surface area contributed by atoms with Crippen LogP contribution in [-0.2, 0) is 13.5 Å². The van der Waals surface area contributed by atoms with Crippen LogP contribution >= 0.6 is 0 Å². The fourth-order valence-corrected chi connectivity index (χ4v) is 2.02. The molecule has 1 aromatic carbocycles. The van der Waals surface area contributed by atoms with Gasteiger partial charge in [0.25, 0.3) is 0 Å². The van der Waals surface area contributed by atoms with E-state index in [4.69, 9.17) is 10.5 Å². The Morgan fingerprint density at radius 1 is 1.44 bits per heavy atom. The highest BCUT2D eigenvalue weighted by Gasteiger charge is 2.14. The Kier molecular flexibility index (Phi) is 3.67. The molecule has 2 N–H and O–H groups in total. The van der Waals surface area contributed by atoms with Crippen molar-refractivity contribution in [2.75, 3.05) is 7.11 Å². The zero-order valence-electron chi connectivity index (χ0n) is 11.1. The Balaban J connectivity index is 2.23. The second-order valence-corrected chi connectivity index (χ2v) is 4.51. The molecule has 0 saturated carbocycles. The lowest BCUT2D eigenvalue weighted by molar-refractivity contribution is 0.404. The topological polar surface area (TPSA) is 53.1 Å². The van der Waals surface area contributed by atoms with E-state index in [1.165, 1.54) is 5.56 Å². The van der Waals surface area contributed by atoms with Crippen LogP contribution in [-0.4, -0.2) is 16.7 Å². The van der Waals surface area contributed by atoms with Crippen LogP contribution in [0.1, 0.15) is 23.0 Å². The van der Waals surface area contributed by atoms with Crippen molar-refractivity contribution in [3.63, 3.8) is 0 Å². The van der Waals surface area contributed by atoms with Crippen LogP contribution in [0, 0.1) is 6.92 Å². The molecular formula is C14H19N3O. The molecule has 0 amide bonds. The Morgan fingerprint density at radius 3 is 2.83 bits per heavy atom. The summed E-state index contributed by atoms with van der Waals surface area (Å²) in [6.45, 7) is 2.04. The van der Waals surface area contributed by atoms with E-state index in [1.54, 1.807) is 13.3 Å². The van der Waals surface area contributed by atoms with Gasteiger partial charge in [-0.15, -0.1) is 0 Å². The largest absolute Gasteiger partial charge is 0.496 e. The highest BCUT2D eigenvalue weighted by molar-refractivity contribution is 5.39. The lowest BCUT2D eigenvalue weighted by Crippen LogP contribution is -2.16. The molecule has 0 aliphatic carbocycles. The standard InChI is InChI=1S/C14H19N3O/c1-10-4-5-11(13(8-10)18-3)12(15)9-14-16-6-7-17(14)2/h4-8,12H,9,15H2,1-3H3. The SMILES string of the molecule is COc1cc(C)ccc1C(N)Cc1nccn1C. The first-order valence-corrected chi connectivity index (χ1v) is 5.98. The molecule has 4 nitrogen and oxygen atoms in total. The van der Waals surface area contributed by atoms with Gasteiger partial charge in [-0.3, -0.25) is 0 Å². The van der Waals surface area contributed by atoms with Crippen LogP contribution < -0.4 is 10.5 Å². The molecule has 1 unspecified atom stereocenters. The molecule has 1 aromatic heterocycles. The molecule has 2 rings (SSSR count). The minimum Gasteiger partial charge on any atom is -0.496 e. The normalized spacial score (nSPS) is 12.4. The number of aryl methyl sites for hydroxylation is 2. The van der Waals surface area contributed by atoms with Crippen molar-refractivity contribution < 1.29 is 4.74 Å². The van der Waals surface area contributed by atoms with Gasteiger partial charge in [0.2, 0.25) is 0 Å². The minimum atomic E-state index is -0.110. The van der Waals surface area contributed by atoms with Crippen molar-refractivity contribution >= 4 is 0 Å². The maximum Gasteiger partial charge on any atom is 0.123 e. The zero-order chi connectivity index (χ0) is 13.1. The van der Waals surface area contributed by atoms with Gasteiger partial charge in [-0.2, -0.15) is 0 Å². The van der Waals surface area contributed by atoms with E-state index < -0.39 is 0 Å². The van der Waals surface area contributed by atoms with E-state index in [-0.39, 0.29) is 6.04 Å². The van der Waals surface area contributed by atoms with Gasteiger partial charge in [-0.25, -0.2) is 4.98 Å². The third kappa shape index (κ3) is 2.54. The van der Waals surface area contributed by atoms with Gasteiger partial charge < -0.3 is 15.0 Å². The Hall–Kier alpha value is -1.81. The Bertz CT molecular complexity index is 534. The number of nitrogens with zero attached hydrogens (tertiary/aromatic N) is 2. The quantitative estimate of drug-likeness (QED) is 0.896. The molecule has 1 atom stereocenters. The monoisotopic (exact) mass is 245 g/mol. The van der Waals surface area contributed by atoms with E-state index in [2.05, 4.69) is 11.1 Å². The van der Waals surface area contributed by atoms with Gasteiger partial charge in [0.05, 0.1) is 7.11 Å². The Morgan fingerprint density at radius 2 is 2.22 bits per heavy atom. The summed E-state index contributed by atoms with van der Waals surface area (Å²) in [5.41, 5.74) is 8.43. The van der Waals surface area contributed by atoms with Crippen LogP contribution in [0.5, 0.6) is 5.75 Å². The van der Waals surface area contributed by atoms with Crippen molar-refractivity contribution in [3.8, 4) is 5.75 Å². The van der Waals surface area contributed by atoms with Crippen molar-refractivity contribution in [2.45, 2.75) is 19.4 Å². The summed E-state index contributed by atoms with van der Waals surface area (Å²) in [5.74, 6) is 1.82. The predicted molar refractivity (Wildman–Crippen MR) is 71.6 cm³/mol. The summed E-state index contributed by atoms with van der Waals surface area (Å²) in [6.07, 6.45) is 4.41. The first-order valence-electron chi connectivity index (χ1n) is 5.98. The highest BCUT2D eigenvalue weighted by atomic mass is 16.5. The van der Waals surface area contributed by atoms with E-state index >= 15 is 0 Å². The molecule has 1 heterocycles. The number of rotatable bonds is 4. The summed E-state index contributed by atoms with van der Waals surface area (Å²) >= 11 is 0. The van der Waals surface area contributed by atoms with Gasteiger partial charge in [0.1, 0.15) is 11.6 Å². The fourth-order valence-electron chi connectivity index (χ4n) is 2.02. The Labute approximate surface area is 107 Å². The van der Waals surface area contributed by atoms with Gasteiger partial charge in [0, 0.05) is 37.5 Å². The molecule has 0 fully saturated rings. The summed E-state index contributed by atoms with van der Waals surface area (Å²) in [7, 11) is 3.65. The number of aromatic nitrogens is 2. The molecule has 0 spiro atoms. The van der Waals surface area contributed by atoms with Crippen LogP contribution in [0.2, 0.25) is 0 Å². The molecule has 0 radical (unpaired) electrons. The third-order valence-electron chi connectivity index (χ3n) is 3.11. The van der Waals surface area contributed by atoms with E-state index in [9.17, 15) is 0 Å². The predicted octanol–water partition coefficient (Wildman–Crippen LogP) is 1.98. The summed E-state index contributed by atoms with van der Waals surface area (Å²) < 4.78 is 7.38. The lowest BCUT2D eigenvalue weighted by Gasteiger charge is -2.16. The lowest BCUT2D eigenvalue weighted by atomic mass is 10.0. The molecule has 18 heavy (non-hydrogen) atoms. The van der Waals surface area contributed by atoms with E-state index in [1.807, 2.05) is 36.9 Å². The average molecular weight is 245 g/mol. The first-order chi connectivity index (χ1) is 8.61. The van der Waals surface area contributed by atoms with Crippen molar-refractivity contribution in [3.05, 3.63) is 47.5 Å². The second kappa shape index (κ2) is 5.23. The molecule has 2 aromatic rings. The molecular weight excluding hydrogens is 226 g/mol. The summed E-state index contributed by atoms with van der Waals surface area (Å²) in [4.78, 5) is 4.30. The van der Waals surface area contributed by atoms with E-state index in [0.717, 1.165) is 17.1 Å². The second-order valence-electron chi connectivity index (χ2n) is 4.51. The van der Waals surface area contributed by atoms with Crippen molar-refractivity contribution in [2.24, 2.45) is 12.8 Å². The smallest absolute Gasteiger partial charge is 0.123 e. The number of nitrogens with two attached hydrogens (primary N) is 1. The van der Waals surface area contributed by atoms with Gasteiger partial charge >= 0.3 is 0 Å². The zero-order valence-corrected chi connectivity index (χ0v) is 11.1. The highest BCUT2D eigenvalue weighted by Crippen LogP contribution is 2.26. The third-order valence-corrected chi connectivity index (χ3v) is 3.11. The number of benzene rings is 1. The molecule has 0 saturated heterocycles. The number of hydrogen-bond donors (Lipinski definition) is 1. The maximum absolute atomic E-state index is 6.25. The van der Waals surface area contributed by atoms with Crippen molar-refractivity contribution in [1.29, 1.82) is 0 Å². The maximum atomic E-state index is 6.25. The summed E-state index contributed by atoms with van der Waals surface area (Å²) in [6, 6.07) is 5.98. The first kappa shape index (κ1) is 12.6. The van der Waals surface area contributed by atoms with Gasteiger partial charge in [0.15, 0.2) is 0 Å². The number of ether oxygens (including phenoxy) is 1. The molecule has 0 aliphatic rings.